The minimum absolute atomic E-state index is 0.338. The van der Waals surface area contributed by atoms with Gasteiger partial charge in [0.25, 0.3) is 0 Å². The highest BCUT2D eigenvalue weighted by Gasteiger charge is 2.16. The fraction of sp³-hybridized carbons (Fsp3) is 0.150. The molecule has 4 heteroatoms. The van der Waals surface area contributed by atoms with Gasteiger partial charge in [0.2, 0.25) is 0 Å². The quantitative estimate of drug-likeness (QED) is 0.567. The molecular formula is C20H19NO3. The van der Waals surface area contributed by atoms with Crippen molar-refractivity contribution in [2.24, 2.45) is 0 Å². The third-order valence-electron chi connectivity index (χ3n) is 3.81. The average molecular weight is 321 g/mol. The molecule has 0 spiro atoms. The summed E-state index contributed by atoms with van der Waals surface area (Å²) >= 11 is 0. The molecular weight excluding hydrogens is 302 g/mol. The Kier molecular flexibility index (Phi) is 4.66. The molecule has 1 aromatic heterocycles. The van der Waals surface area contributed by atoms with Crippen LogP contribution in [0.15, 0.2) is 60.8 Å². The van der Waals surface area contributed by atoms with Gasteiger partial charge in [-0.15, -0.1) is 0 Å². The van der Waals surface area contributed by atoms with Gasteiger partial charge in [-0.25, -0.2) is 4.79 Å². The first kappa shape index (κ1) is 15.9. The van der Waals surface area contributed by atoms with Crippen LogP contribution >= 0.6 is 0 Å². The fourth-order valence-corrected chi connectivity index (χ4v) is 2.76. The molecule has 0 amide bonds. The van der Waals surface area contributed by atoms with Gasteiger partial charge in [0.15, 0.2) is 5.75 Å². The number of esters is 1. The van der Waals surface area contributed by atoms with Crippen LogP contribution < -0.4 is 4.74 Å². The van der Waals surface area contributed by atoms with E-state index < -0.39 is 0 Å². The van der Waals surface area contributed by atoms with Gasteiger partial charge in [0.1, 0.15) is 0 Å². The van der Waals surface area contributed by atoms with E-state index in [-0.39, 0.29) is 5.97 Å². The highest BCUT2D eigenvalue weighted by molar-refractivity contribution is 6.00. The summed E-state index contributed by atoms with van der Waals surface area (Å²) < 4.78 is 10.7. The normalized spacial score (nSPS) is 11.5. The predicted octanol–water partition coefficient (Wildman–Crippen LogP) is 4.17. The molecule has 4 nitrogen and oxygen atoms in total. The monoisotopic (exact) mass is 321 g/mol. The Hall–Kier alpha value is -3.01. The lowest BCUT2D eigenvalue weighted by molar-refractivity contribution is -0.137. The molecule has 1 heterocycles. The Bertz CT molecular complexity index is 878. The van der Waals surface area contributed by atoms with Gasteiger partial charge in [0.05, 0.1) is 19.2 Å². The molecule has 3 aromatic rings. The van der Waals surface area contributed by atoms with Gasteiger partial charge in [-0.1, -0.05) is 36.4 Å². The summed E-state index contributed by atoms with van der Waals surface area (Å²) in [5.74, 6) is 0.335. The fourth-order valence-electron chi connectivity index (χ4n) is 2.76. The lowest BCUT2D eigenvalue weighted by Gasteiger charge is -2.14. The Labute approximate surface area is 140 Å². The second-order valence-electron chi connectivity index (χ2n) is 5.26. The third kappa shape index (κ3) is 3.04. The largest absolute Gasteiger partial charge is 0.494 e. The summed E-state index contributed by atoms with van der Waals surface area (Å²) in [5.41, 5.74) is 3.43. The number of methoxy groups -OCH3 is 1. The van der Waals surface area contributed by atoms with Crippen LogP contribution in [-0.2, 0) is 9.53 Å². The van der Waals surface area contributed by atoms with Gasteiger partial charge in [-0.05, 0) is 30.2 Å². The first-order valence-corrected chi connectivity index (χ1v) is 7.83. The van der Waals surface area contributed by atoms with E-state index in [1.165, 1.54) is 6.08 Å². The summed E-state index contributed by atoms with van der Waals surface area (Å²) in [6.07, 6.45) is 3.39. The molecule has 0 bridgehead atoms. The summed E-state index contributed by atoms with van der Waals surface area (Å²) in [5, 5.41) is 1.05. The molecule has 0 aliphatic carbocycles. The van der Waals surface area contributed by atoms with Gasteiger partial charge in [-0.3, -0.25) is 0 Å². The van der Waals surface area contributed by atoms with Crippen molar-refractivity contribution in [1.29, 1.82) is 0 Å². The summed E-state index contributed by atoms with van der Waals surface area (Å²) in [4.78, 5) is 15.3. The molecule has 122 valence electrons. The molecule has 0 aliphatic heterocycles. The zero-order chi connectivity index (χ0) is 16.9. The first-order chi connectivity index (χ1) is 11.7. The van der Waals surface area contributed by atoms with Crippen molar-refractivity contribution in [3.8, 4) is 5.75 Å². The Morgan fingerprint density at radius 3 is 2.62 bits per heavy atom. The van der Waals surface area contributed by atoms with Crippen LogP contribution in [0.25, 0.3) is 16.5 Å². The Morgan fingerprint density at radius 1 is 1.12 bits per heavy atom. The number of ether oxygens (including phenoxy) is 2. The zero-order valence-electron chi connectivity index (χ0n) is 13.7. The van der Waals surface area contributed by atoms with Crippen molar-refractivity contribution in [2.75, 3.05) is 13.7 Å². The van der Waals surface area contributed by atoms with Crippen LogP contribution in [0.3, 0.4) is 0 Å². The van der Waals surface area contributed by atoms with Gasteiger partial charge in [0, 0.05) is 23.2 Å². The standard InChI is InChI=1S/C20H19NO3/c1-3-24-18(22)13-17(14-7-5-4-6-8-14)16-10-9-15-11-12-21-19(15)20(16)23-2/h4-13,21H,3H2,1-2H3. The predicted molar refractivity (Wildman–Crippen MR) is 95.0 cm³/mol. The number of aromatic amines is 1. The van der Waals surface area contributed by atoms with Crippen LogP contribution in [0.4, 0.5) is 0 Å². The van der Waals surface area contributed by atoms with Crippen molar-refractivity contribution in [3.63, 3.8) is 0 Å². The number of carbonyl (C=O) groups excluding carboxylic acids is 1. The summed E-state index contributed by atoms with van der Waals surface area (Å²) in [7, 11) is 1.63. The van der Waals surface area contributed by atoms with E-state index in [0.717, 1.165) is 27.6 Å². The minimum atomic E-state index is -0.370. The van der Waals surface area contributed by atoms with E-state index in [4.69, 9.17) is 9.47 Å². The van der Waals surface area contributed by atoms with E-state index in [1.807, 2.05) is 54.7 Å². The Morgan fingerprint density at radius 2 is 1.92 bits per heavy atom. The molecule has 0 aliphatic rings. The van der Waals surface area contributed by atoms with Crippen molar-refractivity contribution in [1.82, 2.24) is 4.98 Å². The van der Waals surface area contributed by atoms with E-state index in [9.17, 15) is 4.79 Å². The highest BCUT2D eigenvalue weighted by atomic mass is 16.5. The van der Waals surface area contributed by atoms with Crippen LogP contribution in [0.5, 0.6) is 5.75 Å². The second kappa shape index (κ2) is 7.04. The van der Waals surface area contributed by atoms with Crippen molar-refractivity contribution >= 4 is 22.4 Å². The summed E-state index contributed by atoms with van der Waals surface area (Å²) in [6.45, 7) is 2.13. The number of carbonyl (C=O) groups is 1. The molecule has 3 rings (SSSR count). The van der Waals surface area contributed by atoms with Crippen molar-refractivity contribution < 1.29 is 14.3 Å². The SMILES string of the molecule is CCOC(=O)C=C(c1ccccc1)c1ccc2cc[nH]c2c1OC. The molecule has 0 atom stereocenters. The van der Waals surface area contributed by atoms with Crippen LogP contribution in [0, 0.1) is 0 Å². The number of fused-ring (bicyclic) bond motifs is 1. The molecule has 0 saturated heterocycles. The van der Waals surface area contributed by atoms with E-state index >= 15 is 0 Å². The third-order valence-corrected chi connectivity index (χ3v) is 3.81. The van der Waals surface area contributed by atoms with Crippen molar-refractivity contribution in [2.45, 2.75) is 6.92 Å². The average Bonchev–Trinajstić information content (AvgIpc) is 3.08. The van der Waals surface area contributed by atoms with Crippen LogP contribution in [0.2, 0.25) is 0 Å². The number of aromatic nitrogens is 1. The van der Waals surface area contributed by atoms with Gasteiger partial charge in [-0.2, -0.15) is 0 Å². The number of benzene rings is 2. The summed E-state index contributed by atoms with van der Waals surface area (Å²) in [6, 6.07) is 15.7. The number of nitrogens with one attached hydrogen (secondary N) is 1. The molecule has 0 radical (unpaired) electrons. The Balaban J connectivity index is 2.21. The second-order valence-corrected chi connectivity index (χ2v) is 5.26. The smallest absolute Gasteiger partial charge is 0.331 e. The van der Waals surface area contributed by atoms with Gasteiger partial charge < -0.3 is 14.5 Å². The number of hydrogen-bond donors (Lipinski definition) is 1. The lowest BCUT2D eigenvalue weighted by Crippen LogP contribution is -2.03. The van der Waals surface area contributed by atoms with Crippen LogP contribution in [0.1, 0.15) is 18.1 Å². The maximum absolute atomic E-state index is 12.1. The van der Waals surface area contributed by atoms with Gasteiger partial charge >= 0.3 is 5.97 Å². The minimum Gasteiger partial charge on any atom is -0.494 e. The van der Waals surface area contributed by atoms with Crippen LogP contribution in [-0.4, -0.2) is 24.7 Å². The topological polar surface area (TPSA) is 51.3 Å². The van der Waals surface area contributed by atoms with E-state index in [1.54, 1.807) is 14.0 Å². The lowest BCUT2D eigenvalue weighted by atomic mass is 9.95. The number of rotatable bonds is 5. The van der Waals surface area contributed by atoms with E-state index in [0.29, 0.717) is 12.4 Å². The maximum Gasteiger partial charge on any atom is 0.331 e. The van der Waals surface area contributed by atoms with E-state index in [2.05, 4.69) is 4.98 Å². The molecule has 0 unspecified atom stereocenters. The molecule has 0 saturated carbocycles. The molecule has 1 N–H and O–H groups in total. The maximum atomic E-state index is 12.1. The first-order valence-electron chi connectivity index (χ1n) is 7.83. The zero-order valence-corrected chi connectivity index (χ0v) is 13.7. The molecule has 0 fully saturated rings. The number of H-pyrrole nitrogens is 1. The van der Waals surface area contributed by atoms with Crippen molar-refractivity contribution in [3.05, 3.63) is 71.9 Å². The highest BCUT2D eigenvalue weighted by Crippen LogP contribution is 2.36. The number of hydrogen-bond acceptors (Lipinski definition) is 3. The molecule has 2 aromatic carbocycles. The molecule has 24 heavy (non-hydrogen) atoms.